The van der Waals surface area contributed by atoms with Gasteiger partial charge in [0.1, 0.15) is 15.7 Å². The Bertz CT molecular complexity index is 1230. The van der Waals surface area contributed by atoms with E-state index in [2.05, 4.69) is 33.5 Å². The molecular weight excluding hydrogens is 460 g/mol. The summed E-state index contributed by atoms with van der Waals surface area (Å²) >= 11 is 5.06. The predicted molar refractivity (Wildman–Crippen MR) is 129 cm³/mol. The number of hydrogen-bond donors (Lipinski definition) is 1. The van der Waals surface area contributed by atoms with Gasteiger partial charge in [-0.2, -0.15) is 0 Å². The van der Waals surface area contributed by atoms with Crippen molar-refractivity contribution in [3.8, 4) is 10.7 Å². The van der Waals surface area contributed by atoms with Gasteiger partial charge in [-0.15, -0.1) is 27.8 Å². The highest BCUT2D eigenvalue weighted by Gasteiger charge is 2.25. The van der Waals surface area contributed by atoms with Crippen LogP contribution in [-0.4, -0.2) is 56.4 Å². The summed E-state index contributed by atoms with van der Waals surface area (Å²) in [5.74, 6) is 2.42. The number of hydrogen-bond acceptors (Lipinski definition) is 9. The largest absolute Gasteiger partial charge is 0.379 e. The maximum Gasteiger partial charge on any atom is 0.215 e. The third-order valence-corrected chi connectivity index (χ3v) is 8.92. The van der Waals surface area contributed by atoms with Gasteiger partial charge in [-0.1, -0.05) is 13.0 Å². The molecule has 166 valence electrons. The van der Waals surface area contributed by atoms with Crippen LogP contribution in [0.25, 0.3) is 20.9 Å². The van der Waals surface area contributed by atoms with E-state index in [1.165, 1.54) is 22.2 Å². The average molecular weight is 485 g/mol. The molecule has 0 radical (unpaired) electrons. The van der Waals surface area contributed by atoms with Crippen LogP contribution in [0.1, 0.15) is 29.6 Å². The molecule has 10 heteroatoms. The molecule has 5 heterocycles. The van der Waals surface area contributed by atoms with Crippen LogP contribution in [-0.2, 0) is 24.1 Å². The molecule has 1 aliphatic heterocycles. The number of nitrogens with zero attached hydrogens (tertiary/aromatic N) is 5. The first-order valence-corrected chi connectivity index (χ1v) is 13.5. The third-order valence-electron chi connectivity index (χ3n) is 6.04. The fourth-order valence-corrected chi connectivity index (χ4v) is 7.36. The van der Waals surface area contributed by atoms with Crippen LogP contribution < -0.4 is 0 Å². The zero-order valence-corrected chi connectivity index (χ0v) is 20.3. The van der Waals surface area contributed by atoms with Gasteiger partial charge in [-0.25, -0.2) is 15.0 Å². The van der Waals surface area contributed by atoms with Crippen molar-refractivity contribution in [1.29, 1.82) is 0 Å². The number of ether oxygens (including phenoxy) is 1. The van der Waals surface area contributed by atoms with E-state index in [4.69, 9.17) is 19.7 Å². The highest BCUT2D eigenvalue weighted by molar-refractivity contribution is 7.99. The van der Waals surface area contributed by atoms with Crippen molar-refractivity contribution in [1.82, 2.24) is 30.0 Å². The summed E-state index contributed by atoms with van der Waals surface area (Å²) in [5, 5.41) is 12.5. The highest BCUT2D eigenvalue weighted by atomic mass is 32.2. The van der Waals surface area contributed by atoms with E-state index in [1.807, 2.05) is 17.4 Å². The summed E-state index contributed by atoms with van der Waals surface area (Å²) in [7, 11) is 0. The molecule has 4 aromatic heterocycles. The molecule has 0 amide bonds. The Morgan fingerprint density at radius 2 is 2.16 bits per heavy atom. The lowest BCUT2D eigenvalue weighted by atomic mass is 9.89. The van der Waals surface area contributed by atoms with Gasteiger partial charge in [0, 0.05) is 23.4 Å². The Morgan fingerprint density at radius 1 is 1.25 bits per heavy atom. The van der Waals surface area contributed by atoms with E-state index in [-0.39, 0.29) is 0 Å². The van der Waals surface area contributed by atoms with Crippen molar-refractivity contribution in [3.63, 3.8) is 0 Å². The van der Waals surface area contributed by atoms with Crippen LogP contribution in [0.3, 0.4) is 0 Å². The van der Waals surface area contributed by atoms with Gasteiger partial charge < -0.3 is 4.74 Å². The molecule has 0 bridgehead atoms. The Kier molecular flexibility index (Phi) is 5.72. The minimum absolute atomic E-state index is 0.704. The Labute approximate surface area is 198 Å². The fourth-order valence-electron chi connectivity index (χ4n) is 4.36. The Morgan fingerprint density at radius 3 is 3.00 bits per heavy atom. The molecule has 0 unspecified atom stereocenters. The molecule has 2 aliphatic rings. The zero-order chi connectivity index (χ0) is 21.5. The fraction of sp³-hybridized carbons (Fsp3) is 0.455. The van der Waals surface area contributed by atoms with Crippen molar-refractivity contribution < 1.29 is 4.74 Å². The topological polar surface area (TPSA) is 79.8 Å². The zero-order valence-electron chi connectivity index (χ0n) is 17.8. The van der Waals surface area contributed by atoms with Crippen molar-refractivity contribution in [2.24, 2.45) is 5.92 Å². The first kappa shape index (κ1) is 20.7. The Balaban J connectivity index is 1.38. The summed E-state index contributed by atoms with van der Waals surface area (Å²) in [6, 6.07) is 4.08. The van der Waals surface area contributed by atoms with Crippen LogP contribution in [0.5, 0.6) is 0 Å². The average Bonchev–Trinajstić information content (AvgIpc) is 3.53. The second-order valence-electron chi connectivity index (χ2n) is 8.41. The molecule has 1 aliphatic carbocycles. The smallest absolute Gasteiger partial charge is 0.215 e. The number of nitrogens with one attached hydrogen (secondary N) is 1. The van der Waals surface area contributed by atoms with Crippen LogP contribution in [0.2, 0.25) is 0 Å². The van der Waals surface area contributed by atoms with E-state index in [0.29, 0.717) is 5.16 Å². The quantitative estimate of drug-likeness (QED) is 0.413. The summed E-state index contributed by atoms with van der Waals surface area (Å²) in [4.78, 5) is 20.8. The molecule has 6 rings (SSSR count). The van der Waals surface area contributed by atoms with Crippen LogP contribution >= 0.6 is 34.4 Å². The minimum atomic E-state index is 0.704. The molecule has 1 N–H and O–H groups in total. The van der Waals surface area contributed by atoms with Gasteiger partial charge in [0.25, 0.3) is 0 Å². The second kappa shape index (κ2) is 8.83. The molecule has 1 saturated heterocycles. The highest BCUT2D eigenvalue weighted by Crippen LogP contribution is 2.42. The molecular formula is C22H24N6OS3. The molecule has 1 atom stereocenters. The summed E-state index contributed by atoms with van der Waals surface area (Å²) < 4.78 is 5.50. The number of aromatic nitrogens is 5. The van der Waals surface area contributed by atoms with Crippen molar-refractivity contribution >= 4 is 44.7 Å². The molecule has 7 nitrogen and oxygen atoms in total. The number of rotatable bonds is 5. The number of thiophene rings is 2. The second-order valence-corrected chi connectivity index (χ2v) is 11.4. The number of fused-ring (bicyclic) bond motifs is 3. The number of H-pyrrole nitrogens is 1. The number of morpholine rings is 1. The summed E-state index contributed by atoms with van der Waals surface area (Å²) in [6.07, 6.45) is 3.47. The summed E-state index contributed by atoms with van der Waals surface area (Å²) in [6.45, 7) is 6.49. The van der Waals surface area contributed by atoms with E-state index in [0.717, 1.165) is 78.0 Å². The SMILES string of the molecule is C[C@@H]1CCc2c(sc3nc(CN4CCOCC4)nc(Sc4n[nH]c(-c5cccs5)n4)c23)C1. The minimum Gasteiger partial charge on any atom is -0.379 e. The molecule has 1 fully saturated rings. The van der Waals surface area contributed by atoms with Gasteiger partial charge >= 0.3 is 0 Å². The predicted octanol–water partition coefficient (Wildman–Crippen LogP) is 4.65. The van der Waals surface area contributed by atoms with Gasteiger partial charge in [0.05, 0.1) is 24.6 Å². The lowest BCUT2D eigenvalue weighted by Gasteiger charge is -2.25. The lowest BCUT2D eigenvalue weighted by molar-refractivity contribution is 0.0330. The maximum atomic E-state index is 5.50. The van der Waals surface area contributed by atoms with E-state index < -0.39 is 0 Å². The first-order chi connectivity index (χ1) is 15.7. The molecule has 4 aromatic rings. The molecule has 0 saturated carbocycles. The standard InChI is InChI=1S/C22H24N6OS3/c1-13-4-5-14-16(11-13)31-20-18(14)21(24-17(23-20)12-28-6-8-29-9-7-28)32-22-25-19(26-27-22)15-3-2-10-30-15/h2-3,10,13H,4-9,11-12H2,1H3,(H,25,26,27)/t13-/m1/s1. The Hall–Kier alpha value is -1.85. The molecule has 0 aromatic carbocycles. The van der Waals surface area contributed by atoms with Crippen LogP contribution in [0.4, 0.5) is 0 Å². The third kappa shape index (κ3) is 4.10. The van der Waals surface area contributed by atoms with Crippen molar-refractivity contribution in [2.45, 2.75) is 42.9 Å². The first-order valence-electron chi connectivity index (χ1n) is 11.0. The van der Waals surface area contributed by atoms with E-state index in [1.54, 1.807) is 23.1 Å². The summed E-state index contributed by atoms with van der Waals surface area (Å²) in [5.41, 5.74) is 1.44. The van der Waals surface area contributed by atoms with Gasteiger partial charge in [-0.3, -0.25) is 10.00 Å². The molecule has 32 heavy (non-hydrogen) atoms. The van der Waals surface area contributed by atoms with Crippen LogP contribution in [0.15, 0.2) is 27.7 Å². The van der Waals surface area contributed by atoms with Gasteiger partial charge in [0.15, 0.2) is 5.82 Å². The molecule has 0 spiro atoms. The van der Waals surface area contributed by atoms with E-state index in [9.17, 15) is 0 Å². The van der Waals surface area contributed by atoms with Gasteiger partial charge in [-0.05, 0) is 54.0 Å². The van der Waals surface area contributed by atoms with E-state index >= 15 is 0 Å². The number of aryl methyl sites for hydroxylation is 1. The van der Waals surface area contributed by atoms with Crippen LogP contribution in [0, 0.1) is 5.92 Å². The van der Waals surface area contributed by atoms with Crippen molar-refractivity contribution in [3.05, 3.63) is 33.8 Å². The monoisotopic (exact) mass is 484 g/mol. The normalized spacial score (nSPS) is 19.5. The number of aromatic amines is 1. The van der Waals surface area contributed by atoms with Crippen molar-refractivity contribution in [2.75, 3.05) is 26.3 Å². The maximum absolute atomic E-state index is 5.50. The van der Waals surface area contributed by atoms with Gasteiger partial charge in [0.2, 0.25) is 5.16 Å². The lowest BCUT2D eigenvalue weighted by Crippen LogP contribution is -2.36.